The Morgan fingerprint density at radius 1 is 1.27 bits per heavy atom. The predicted octanol–water partition coefficient (Wildman–Crippen LogP) is 2.90. The summed E-state index contributed by atoms with van der Waals surface area (Å²) >= 11 is 0. The van der Waals surface area contributed by atoms with Crippen LogP contribution >= 0.6 is 0 Å². The first-order valence-electron chi connectivity index (χ1n) is 6.03. The second-order valence-electron chi connectivity index (χ2n) is 4.18. The van der Waals surface area contributed by atoms with Crippen LogP contribution in [-0.2, 0) is 4.79 Å². The summed E-state index contributed by atoms with van der Waals surface area (Å²) in [6.45, 7) is 1.34. The van der Waals surface area contributed by atoms with Crippen LogP contribution in [0, 0.1) is 6.92 Å². The number of hydrogen-bond acceptors (Lipinski definition) is 5. The Balaban J connectivity index is 1.82. The number of ether oxygens (including phenoxy) is 2. The van der Waals surface area contributed by atoms with Gasteiger partial charge in [-0.3, -0.25) is 4.79 Å². The Labute approximate surface area is 122 Å². The molecule has 0 saturated carbocycles. The van der Waals surface area contributed by atoms with Crippen molar-refractivity contribution in [3.63, 3.8) is 0 Å². The van der Waals surface area contributed by atoms with Crippen molar-refractivity contribution in [3.05, 3.63) is 36.1 Å². The fourth-order valence-corrected chi connectivity index (χ4v) is 1.49. The van der Waals surface area contributed by atoms with Gasteiger partial charge in [-0.05, 0) is 31.2 Å². The van der Waals surface area contributed by atoms with Crippen molar-refractivity contribution < 1.29 is 32.0 Å². The van der Waals surface area contributed by atoms with Crippen LogP contribution in [0.5, 0.6) is 11.5 Å². The third-order valence-electron chi connectivity index (χ3n) is 2.32. The van der Waals surface area contributed by atoms with E-state index in [-0.39, 0.29) is 23.9 Å². The molecule has 1 N–H and O–H groups in total. The molecule has 1 aromatic heterocycles. The Bertz CT molecular complexity index is 637. The van der Waals surface area contributed by atoms with Crippen LogP contribution in [0.1, 0.15) is 5.76 Å². The van der Waals surface area contributed by atoms with E-state index in [9.17, 15) is 18.0 Å². The molecule has 0 aliphatic heterocycles. The molecule has 0 spiro atoms. The minimum atomic E-state index is -4.75. The van der Waals surface area contributed by atoms with Gasteiger partial charge in [-0.1, -0.05) is 5.16 Å². The number of carbonyl (C=O) groups excluding carboxylic acids is 1. The van der Waals surface area contributed by atoms with Gasteiger partial charge in [0.15, 0.2) is 12.4 Å². The van der Waals surface area contributed by atoms with Crippen LogP contribution in [0.2, 0.25) is 0 Å². The number of halogens is 3. The Morgan fingerprint density at radius 3 is 2.45 bits per heavy atom. The van der Waals surface area contributed by atoms with Gasteiger partial charge in [0.1, 0.15) is 17.3 Å². The lowest BCUT2D eigenvalue weighted by Crippen LogP contribution is -2.20. The van der Waals surface area contributed by atoms with E-state index in [1.54, 1.807) is 6.92 Å². The van der Waals surface area contributed by atoms with E-state index in [0.29, 0.717) is 5.76 Å². The summed E-state index contributed by atoms with van der Waals surface area (Å²) in [5.74, 6) is 0.156. The Kier molecular flexibility index (Phi) is 4.54. The minimum Gasteiger partial charge on any atom is -0.484 e. The number of carbonyl (C=O) groups is 1. The molecule has 0 atom stereocenters. The highest BCUT2D eigenvalue weighted by Crippen LogP contribution is 2.24. The van der Waals surface area contributed by atoms with Crippen LogP contribution in [-0.4, -0.2) is 24.0 Å². The molecule has 1 heterocycles. The molecule has 1 aromatic carbocycles. The van der Waals surface area contributed by atoms with Gasteiger partial charge in [-0.15, -0.1) is 13.2 Å². The highest BCUT2D eigenvalue weighted by molar-refractivity contribution is 5.90. The van der Waals surface area contributed by atoms with Crippen LogP contribution in [0.3, 0.4) is 0 Å². The maximum absolute atomic E-state index is 12.0. The first-order chi connectivity index (χ1) is 10.3. The van der Waals surface area contributed by atoms with Gasteiger partial charge in [-0.2, -0.15) is 0 Å². The van der Waals surface area contributed by atoms with Crippen LogP contribution in [0.4, 0.5) is 19.0 Å². The average molecular weight is 316 g/mol. The fourth-order valence-electron chi connectivity index (χ4n) is 1.49. The van der Waals surface area contributed by atoms with Crippen LogP contribution < -0.4 is 14.8 Å². The number of hydrogen-bond donors (Lipinski definition) is 1. The normalized spacial score (nSPS) is 11.1. The third kappa shape index (κ3) is 5.00. The summed E-state index contributed by atoms with van der Waals surface area (Å²) in [5, 5.41) is 6.00. The molecular weight excluding hydrogens is 305 g/mol. The number of aromatic nitrogens is 1. The molecule has 0 fully saturated rings. The molecule has 2 rings (SSSR count). The topological polar surface area (TPSA) is 73.6 Å². The maximum atomic E-state index is 12.0. The number of benzene rings is 1. The number of alkyl halides is 3. The van der Waals surface area contributed by atoms with Crippen molar-refractivity contribution in [1.29, 1.82) is 0 Å². The smallest absolute Gasteiger partial charge is 0.484 e. The first kappa shape index (κ1) is 15.7. The van der Waals surface area contributed by atoms with Crippen molar-refractivity contribution in [3.8, 4) is 11.5 Å². The van der Waals surface area contributed by atoms with Crippen molar-refractivity contribution in [2.45, 2.75) is 13.3 Å². The highest BCUT2D eigenvalue weighted by Gasteiger charge is 2.30. The van der Waals surface area contributed by atoms with E-state index in [1.165, 1.54) is 18.2 Å². The summed E-state index contributed by atoms with van der Waals surface area (Å²) in [6.07, 6.45) is -4.75. The van der Waals surface area contributed by atoms with Crippen LogP contribution in [0.25, 0.3) is 0 Å². The molecule has 118 valence electrons. The summed E-state index contributed by atoms with van der Waals surface area (Å²) in [7, 11) is 0. The number of rotatable bonds is 5. The molecule has 0 saturated heterocycles. The first-order valence-corrected chi connectivity index (χ1v) is 6.03. The van der Waals surface area contributed by atoms with E-state index >= 15 is 0 Å². The van der Waals surface area contributed by atoms with Crippen molar-refractivity contribution in [2.75, 3.05) is 11.9 Å². The number of anilines is 1. The molecule has 22 heavy (non-hydrogen) atoms. The highest BCUT2D eigenvalue weighted by atomic mass is 19.4. The quantitative estimate of drug-likeness (QED) is 0.918. The molecule has 9 heteroatoms. The van der Waals surface area contributed by atoms with Crippen molar-refractivity contribution in [2.24, 2.45) is 0 Å². The monoisotopic (exact) mass is 316 g/mol. The zero-order chi connectivity index (χ0) is 16.2. The Morgan fingerprint density at radius 2 is 1.91 bits per heavy atom. The standard InChI is InChI=1S/C13H11F3N2O4/c1-8-6-11(18-22-8)17-12(19)7-20-9-2-4-10(5-3-9)21-13(14,15)16/h2-6H,7H2,1H3,(H,17,18,19). The Hall–Kier alpha value is -2.71. The minimum absolute atomic E-state index is 0.223. The fraction of sp³-hybridized carbons (Fsp3) is 0.231. The van der Waals surface area contributed by atoms with Crippen molar-refractivity contribution >= 4 is 11.7 Å². The molecular formula is C13H11F3N2O4. The van der Waals surface area contributed by atoms with Gasteiger partial charge in [0, 0.05) is 6.07 Å². The average Bonchev–Trinajstić information content (AvgIpc) is 2.81. The molecule has 0 aliphatic rings. The largest absolute Gasteiger partial charge is 0.573 e. The number of aryl methyl sites for hydroxylation is 1. The van der Waals surface area contributed by atoms with E-state index in [1.807, 2.05) is 0 Å². The predicted molar refractivity (Wildman–Crippen MR) is 68.5 cm³/mol. The second-order valence-corrected chi connectivity index (χ2v) is 4.18. The lowest BCUT2D eigenvalue weighted by atomic mass is 10.3. The lowest BCUT2D eigenvalue weighted by Gasteiger charge is -2.09. The van der Waals surface area contributed by atoms with Gasteiger partial charge in [0.25, 0.3) is 5.91 Å². The summed E-state index contributed by atoms with van der Waals surface area (Å²) in [4.78, 5) is 11.6. The van der Waals surface area contributed by atoms with Crippen molar-refractivity contribution in [1.82, 2.24) is 5.16 Å². The van der Waals surface area contributed by atoms with E-state index in [2.05, 4.69) is 15.2 Å². The molecule has 0 unspecified atom stereocenters. The lowest BCUT2D eigenvalue weighted by molar-refractivity contribution is -0.274. The van der Waals surface area contributed by atoms with Crippen LogP contribution in [0.15, 0.2) is 34.9 Å². The summed E-state index contributed by atoms with van der Waals surface area (Å²) in [5.41, 5.74) is 0. The van der Waals surface area contributed by atoms with E-state index in [4.69, 9.17) is 9.26 Å². The number of nitrogens with zero attached hydrogens (tertiary/aromatic N) is 1. The third-order valence-corrected chi connectivity index (χ3v) is 2.32. The van der Waals surface area contributed by atoms with Gasteiger partial charge < -0.3 is 19.3 Å². The maximum Gasteiger partial charge on any atom is 0.573 e. The molecule has 2 aromatic rings. The zero-order valence-corrected chi connectivity index (χ0v) is 11.3. The molecule has 6 nitrogen and oxygen atoms in total. The van der Waals surface area contributed by atoms with E-state index < -0.39 is 12.3 Å². The SMILES string of the molecule is Cc1cc(NC(=O)COc2ccc(OC(F)(F)F)cc2)no1. The molecule has 0 bridgehead atoms. The van der Waals surface area contributed by atoms with E-state index in [0.717, 1.165) is 12.1 Å². The zero-order valence-electron chi connectivity index (χ0n) is 11.3. The molecule has 0 radical (unpaired) electrons. The van der Waals surface area contributed by atoms with Gasteiger partial charge in [-0.25, -0.2) is 0 Å². The molecule has 1 amide bonds. The summed E-state index contributed by atoms with van der Waals surface area (Å²) in [6, 6.07) is 6.22. The number of amides is 1. The summed E-state index contributed by atoms with van der Waals surface area (Å²) < 4.78 is 49.6. The second kappa shape index (κ2) is 6.37. The number of nitrogens with one attached hydrogen (secondary N) is 1. The van der Waals surface area contributed by atoms with Gasteiger partial charge >= 0.3 is 6.36 Å². The van der Waals surface area contributed by atoms with Gasteiger partial charge in [0.05, 0.1) is 0 Å². The van der Waals surface area contributed by atoms with Gasteiger partial charge in [0.2, 0.25) is 0 Å². The molecule has 0 aliphatic carbocycles.